The molecule has 0 unspecified atom stereocenters. The Morgan fingerprint density at radius 1 is 1.33 bits per heavy atom. The Morgan fingerprint density at radius 3 is 2.76 bits per heavy atom. The highest BCUT2D eigenvalue weighted by Crippen LogP contribution is 2.30. The summed E-state index contributed by atoms with van der Waals surface area (Å²) in [6, 6.07) is 4.82. The van der Waals surface area contributed by atoms with Gasteiger partial charge < -0.3 is 14.5 Å². The van der Waals surface area contributed by atoms with Gasteiger partial charge in [-0.3, -0.25) is 0 Å². The molecule has 0 radical (unpaired) electrons. The second-order valence-electron chi connectivity index (χ2n) is 6.22. The molecule has 1 N–H and O–H groups in total. The van der Waals surface area contributed by atoms with Crippen LogP contribution in [0.1, 0.15) is 56.9 Å². The zero-order valence-electron chi connectivity index (χ0n) is 13.1. The monoisotopic (exact) mass is 288 g/mol. The van der Waals surface area contributed by atoms with Gasteiger partial charge in [-0.2, -0.15) is 0 Å². The van der Waals surface area contributed by atoms with E-state index in [0.29, 0.717) is 6.04 Å². The van der Waals surface area contributed by atoms with Crippen LogP contribution >= 0.6 is 0 Å². The van der Waals surface area contributed by atoms with Crippen LogP contribution in [0.15, 0.2) is 16.5 Å². The minimum Gasteiger partial charge on any atom is -0.493 e. The number of fused-ring (bicyclic) bond motifs is 1. The first-order valence-corrected chi connectivity index (χ1v) is 7.88. The molecule has 3 rings (SSSR count). The van der Waals surface area contributed by atoms with Gasteiger partial charge in [-0.1, -0.05) is 26.7 Å². The highest BCUT2D eigenvalue weighted by molar-refractivity contribution is 5.80. The molecule has 21 heavy (non-hydrogen) atoms. The summed E-state index contributed by atoms with van der Waals surface area (Å²) in [5.74, 6) is 1.82. The third kappa shape index (κ3) is 3.05. The molecule has 1 aliphatic rings. The molecule has 4 heteroatoms. The molecule has 2 aromatic rings. The Morgan fingerprint density at radius 2 is 2.10 bits per heavy atom. The first kappa shape index (κ1) is 14.4. The summed E-state index contributed by atoms with van der Waals surface area (Å²) < 4.78 is 11.3. The Balaban J connectivity index is 1.85. The van der Waals surface area contributed by atoms with Gasteiger partial charge in [-0.15, -0.1) is 0 Å². The van der Waals surface area contributed by atoms with E-state index in [2.05, 4.69) is 36.3 Å². The lowest BCUT2D eigenvalue weighted by molar-refractivity contribution is 0.404. The lowest BCUT2D eigenvalue weighted by Crippen LogP contribution is -2.25. The average molecular weight is 288 g/mol. The number of nitrogens with one attached hydrogen (secondary N) is 1. The summed E-state index contributed by atoms with van der Waals surface area (Å²) in [5, 5.41) is 3.63. The predicted molar refractivity (Wildman–Crippen MR) is 83.7 cm³/mol. The number of oxazole rings is 1. The zero-order chi connectivity index (χ0) is 14.8. The van der Waals surface area contributed by atoms with Crippen molar-refractivity contribution in [3.8, 4) is 5.75 Å². The van der Waals surface area contributed by atoms with E-state index in [4.69, 9.17) is 9.15 Å². The van der Waals surface area contributed by atoms with Crippen molar-refractivity contribution >= 4 is 11.1 Å². The molecule has 1 aliphatic carbocycles. The first-order valence-electron chi connectivity index (χ1n) is 7.88. The number of hydrogen-bond acceptors (Lipinski definition) is 4. The van der Waals surface area contributed by atoms with E-state index in [9.17, 15) is 0 Å². The Kier molecular flexibility index (Phi) is 4.15. The number of nitrogens with zero attached hydrogens (tertiary/aromatic N) is 1. The lowest BCUT2D eigenvalue weighted by atomic mass is 10.1. The van der Waals surface area contributed by atoms with E-state index in [1.807, 2.05) is 0 Å². The highest BCUT2D eigenvalue weighted by Gasteiger charge is 2.17. The summed E-state index contributed by atoms with van der Waals surface area (Å²) in [7, 11) is 1.68. The standard InChI is InChI=1S/C17H24N2O2/c1-11(2)17-19-14-8-12(9-15(20-3)16(14)21-17)10-18-13-6-4-5-7-13/h8-9,11,13,18H,4-7,10H2,1-3H3. The lowest BCUT2D eigenvalue weighted by Gasteiger charge is -2.12. The van der Waals surface area contributed by atoms with E-state index in [-0.39, 0.29) is 5.92 Å². The molecular formula is C17H24N2O2. The van der Waals surface area contributed by atoms with Crippen LogP contribution < -0.4 is 10.1 Å². The second kappa shape index (κ2) is 6.06. The number of ether oxygens (including phenoxy) is 1. The summed E-state index contributed by atoms with van der Waals surface area (Å²) in [4.78, 5) is 4.59. The van der Waals surface area contributed by atoms with Crippen molar-refractivity contribution in [2.75, 3.05) is 7.11 Å². The van der Waals surface area contributed by atoms with Crippen LogP contribution in [0.25, 0.3) is 11.1 Å². The molecule has 0 aliphatic heterocycles. The van der Waals surface area contributed by atoms with Crippen molar-refractivity contribution in [1.29, 1.82) is 0 Å². The quantitative estimate of drug-likeness (QED) is 0.903. The van der Waals surface area contributed by atoms with Crippen LogP contribution in [-0.2, 0) is 6.54 Å². The molecule has 0 bridgehead atoms. The van der Waals surface area contributed by atoms with Gasteiger partial charge >= 0.3 is 0 Å². The van der Waals surface area contributed by atoms with Crippen LogP contribution in [0, 0.1) is 0 Å². The topological polar surface area (TPSA) is 47.3 Å². The molecule has 4 nitrogen and oxygen atoms in total. The van der Waals surface area contributed by atoms with Crippen molar-refractivity contribution in [3.05, 3.63) is 23.6 Å². The van der Waals surface area contributed by atoms with E-state index in [1.54, 1.807) is 7.11 Å². The first-order chi connectivity index (χ1) is 10.2. The maximum absolute atomic E-state index is 5.83. The molecule has 0 spiro atoms. The zero-order valence-corrected chi connectivity index (χ0v) is 13.1. The molecule has 0 amide bonds. The SMILES string of the molecule is COc1cc(CNC2CCCC2)cc2nc(C(C)C)oc12. The molecule has 1 saturated carbocycles. The average Bonchev–Trinajstić information content (AvgIpc) is 3.13. The summed E-state index contributed by atoms with van der Waals surface area (Å²) in [6.45, 7) is 5.03. The number of rotatable bonds is 5. The summed E-state index contributed by atoms with van der Waals surface area (Å²) >= 11 is 0. The Bertz CT molecular complexity index is 613. The number of aromatic nitrogens is 1. The van der Waals surface area contributed by atoms with Crippen LogP contribution in [0.5, 0.6) is 5.75 Å². The Hall–Kier alpha value is -1.55. The maximum atomic E-state index is 5.83. The van der Waals surface area contributed by atoms with Gasteiger partial charge in [-0.05, 0) is 30.5 Å². The fourth-order valence-corrected chi connectivity index (χ4v) is 2.97. The minimum atomic E-state index is 0.280. The largest absolute Gasteiger partial charge is 0.493 e. The van der Waals surface area contributed by atoms with Gasteiger partial charge in [0.15, 0.2) is 17.2 Å². The van der Waals surface area contributed by atoms with Gasteiger partial charge in [-0.25, -0.2) is 4.98 Å². The fraction of sp³-hybridized carbons (Fsp3) is 0.588. The van der Waals surface area contributed by atoms with E-state index >= 15 is 0 Å². The number of hydrogen-bond donors (Lipinski definition) is 1. The van der Waals surface area contributed by atoms with Gasteiger partial charge in [0, 0.05) is 18.5 Å². The molecule has 1 heterocycles. The van der Waals surface area contributed by atoms with E-state index in [0.717, 1.165) is 29.3 Å². The predicted octanol–water partition coefficient (Wildman–Crippen LogP) is 3.99. The maximum Gasteiger partial charge on any atom is 0.198 e. The van der Waals surface area contributed by atoms with Crippen molar-refractivity contribution in [2.45, 2.75) is 58.0 Å². The van der Waals surface area contributed by atoms with Gasteiger partial charge in [0.25, 0.3) is 0 Å². The molecule has 114 valence electrons. The van der Waals surface area contributed by atoms with Crippen LogP contribution in [0.2, 0.25) is 0 Å². The van der Waals surface area contributed by atoms with E-state index in [1.165, 1.54) is 31.2 Å². The molecular weight excluding hydrogens is 264 g/mol. The molecule has 1 fully saturated rings. The summed E-state index contributed by atoms with van der Waals surface area (Å²) in [6.07, 6.45) is 5.28. The number of methoxy groups -OCH3 is 1. The molecule has 0 atom stereocenters. The number of benzene rings is 1. The Labute approximate surface area is 125 Å². The van der Waals surface area contributed by atoms with Crippen molar-refractivity contribution in [2.24, 2.45) is 0 Å². The normalized spacial score (nSPS) is 16.2. The summed E-state index contributed by atoms with van der Waals surface area (Å²) in [5.41, 5.74) is 2.85. The van der Waals surface area contributed by atoms with Crippen molar-refractivity contribution in [3.63, 3.8) is 0 Å². The van der Waals surface area contributed by atoms with Crippen LogP contribution in [0.4, 0.5) is 0 Å². The van der Waals surface area contributed by atoms with Crippen molar-refractivity contribution < 1.29 is 9.15 Å². The van der Waals surface area contributed by atoms with Gasteiger partial charge in [0.05, 0.1) is 7.11 Å². The van der Waals surface area contributed by atoms with Crippen LogP contribution in [0.3, 0.4) is 0 Å². The molecule has 1 aromatic heterocycles. The third-order valence-corrected chi connectivity index (χ3v) is 4.20. The molecule has 0 saturated heterocycles. The van der Waals surface area contributed by atoms with E-state index < -0.39 is 0 Å². The van der Waals surface area contributed by atoms with Crippen LogP contribution in [-0.4, -0.2) is 18.1 Å². The van der Waals surface area contributed by atoms with Gasteiger partial charge in [0.2, 0.25) is 0 Å². The third-order valence-electron chi connectivity index (χ3n) is 4.20. The highest BCUT2D eigenvalue weighted by atomic mass is 16.5. The second-order valence-corrected chi connectivity index (χ2v) is 6.22. The fourth-order valence-electron chi connectivity index (χ4n) is 2.97. The smallest absolute Gasteiger partial charge is 0.198 e. The molecule has 1 aromatic carbocycles. The van der Waals surface area contributed by atoms with Gasteiger partial charge in [0.1, 0.15) is 5.52 Å². The minimum absolute atomic E-state index is 0.280. The van der Waals surface area contributed by atoms with Crippen molar-refractivity contribution in [1.82, 2.24) is 10.3 Å².